The zero-order valence-electron chi connectivity index (χ0n) is 9.93. The molecular formula is C13H12BrF2NO. The molecule has 5 heteroatoms. The van der Waals surface area contributed by atoms with Crippen LogP contribution in [0.5, 0.6) is 0 Å². The summed E-state index contributed by atoms with van der Waals surface area (Å²) in [4.78, 5) is 0. The van der Waals surface area contributed by atoms with Crippen LogP contribution in [-0.4, -0.2) is 0 Å². The number of furan rings is 1. The van der Waals surface area contributed by atoms with E-state index in [0.29, 0.717) is 16.0 Å². The van der Waals surface area contributed by atoms with E-state index >= 15 is 0 Å². The standard InChI is InChI=1S/C13H12BrF2NO/c1-7-3-4-9(15)13(12(7)16)17-8(2)10-5-6-11(14)18-10/h3-6,8,17H,1-2H3. The number of rotatable bonds is 3. The second-order valence-corrected chi connectivity index (χ2v) is 4.84. The van der Waals surface area contributed by atoms with E-state index in [9.17, 15) is 8.78 Å². The van der Waals surface area contributed by atoms with E-state index in [1.807, 2.05) is 0 Å². The van der Waals surface area contributed by atoms with E-state index in [4.69, 9.17) is 4.42 Å². The Morgan fingerprint density at radius 3 is 2.56 bits per heavy atom. The maximum atomic E-state index is 13.8. The Labute approximate surface area is 112 Å². The highest BCUT2D eigenvalue weighted by Crippen LogP contribution is 2.28. The number of aryl methyl sites for hydroxylation is 1. The highest BCUT2D eigenvalue weighted by molar-refractivity contribution is 9.10. The van der Waals surface area contributed by atoms with Crippen LogP contribution in [0, 0.1) is 18.6 Å². The zero-order chi connectivity index (χ0) is 13.3. The van der Waals surface area contributed by atoms with Crippen LogP contribution in [0.1, 0.15) is 24.3 Å². The van der Waals surface area contributed by atoms with Crippen LogP contribution in [0.2, 0.25) is 0 Å². The Kier molecular flexibility index (Phi) is 3.71. The lowest BCUT2D eigenvalue weighted by molar-refractivity contribution is 0.468. The van der Waals surface area contributed by atoms with Crippen LogP contribution < -0.4 is 5.32 Å². The van der Waals surface area contributed by atoms with E-state index in [1.54, 1.807) is 26.0 Å². The van der Waals surface area contributed by atoms with E-state index in [2.05, 4.69) is 21.2 Å². The predicted octanol–water partition coefficient (Wildman–Crippen LogP) is 4.80. The lowest BCUT2D eigenvalue weighted by Gasteiger charge is -2.15. The van der Waals surface area contributed by atoms with Crippen molar-refractivity contribution in [3.63, 3.8) is 0 Å². The molecule has 0 saturated carbocycles. The molecule has 0 saturated heterocycles. The van der Waals surface area contributed by atoms with Crippen LogP contribution >= 0.6 is 15.9 Å². The molecule has 1 N–H and O–H groups in total. The van der Waals surface area contributed by atoms with Crippen molar-refractivity contribution in [2.45, 2.75) is 19.9 Å². The van der Waals surface area contributed by atoms with Gasteiger partial charge in [-0.3, -0.25) is 0 Å². The molecule has 2 rings (SSSR count). The lowest BCUT2D eigenvalue weighted by atomic mass is 10.1. The Bertz CT molecular complexity index is 568. The number of nitrogens with one attached hydrogen (secondary N) is 1. The molecular weight excluding hydrogens is 304 g/mol. The second kappa shape index (κ2) is 5.10. The van der Waals surface area contributed by atoms with Crippen molar-refractivity contribution >= 4 is 21.6 Å². The fourth-order valence-corrected chi connectivity index (χ4v) is 1.96. The van der Waals surface area contributed by atoms with Gasteiger partial charge in [-0.2, -0.15) is 0 Å². The largest absolute Gasteiger partial charge is 0.452 e. The molecule has 1 heterocycles. The summed E-state index contributed by atoms with van der Waals surface area (Å²) in [5.74, 6) is -0.592. The first-order chi connectivity index (χ1) is 8.49. The Morgan fingerprint density at radius 1 is 1.22 bits per heavy atom. The minimum absolute atomic E-state index is 0.130. The average molecular weight is 316 g/mol. The molecule has 0 amide bonds. The van der Waals surface area contributed by atoms with Gasteiger partial charge in [0.05, 0.1) is 6.04 Å². The molecule has 1 unspecified atom stereocenters. The number of benzene rings is 1. The molecule has 0 spiro atoms. The fraction of sp³-hybridized carbons (Fsp3) is 0.231. The third kappa shape index (κ3) is 2.56. The Hall–Kier alpha value is -1.36. The Morgan fingerprint density at radius 2 is 1.94 bits per heavy atom. The quantitative estimate of drug-likeness (QED) is 0.880. The van der Waals surface area contributed by atoms with Crippen molar-refractivity contribution in [3.8, 4) is 0 Å². The van der Waals surface area contributed by atoms with Crippen LogP contribution in [0.4, 0.5) is 14.5 Å². The smallest absolute Gasteiger partial charge is 0.169 e. The molecule has 0 fully saturated rings. The summed E-state index contributed by atoms with van der Waals surface area (Å²) in [7, 11) is 0. The van der Waals surface area contributed by atoms with Gasteiger partial charge in [0, 0.05) is 0 Å². The summed E-state index contributed by atoms with van der Waals surface area (Å²) in [6.07, 6.45) is 0. The molecule has 2 nitrogen and oxygen atoms in total. The summed E-state index contributed by atoms with van der Waals surface area (Å²) in [5, 5.41) is 2.78. The molecule has 1 aromatic carbocycles. The SMILES string of the molecule is Cc1ccc(F)c(NC(C)c2ccc(Br)o2)c1F. The van der Waals surface area contributed by atoms with Crippen molar-refractivity contribution < 1.29 is 13.2 Å². The maximum absolute atomic E-state index is 13.8. The van der Waals surface area contributed by atoms with Crippen molar-refractivity contribution in [2.75, 3.05) is 5.32 Å². The highest BCUT2D eigenvalue weighted by Gasteiger charge is 2.16. The first-order valence-corrected chi connectivity index (χ1v) is 6.24. The molecule has 0 bridgehead atoms. The number of hydrogen-bond donors (Lipinski definition) is 1. The minimum atomic E-state index is -0.615. The van der Waals surface area contributed by atoms with Gasteiger partial charge in [-0.1, -0.05) is 6.07 Å². The van der Waals surface area contributed by atoms with Gasteiger partial charge in [0.15, 0.2) is 10.5 Å². The predicted molar refractivity (Wildman–Crippen MR) is 69.5 cm³/mol. The third-order valence-corrected chi connectivity index (χ3v) is 3.09. The van der Waals surface area contributed by atoms with Gasteiger partial charge in [0.25, 0.3) is 0 Å². The van der Waals surface area contributed by atoms with Crippen LogP contribution in [0.15, 0.2) is 33.4 Å². The van der Waals surface area contributed by atoms with E-state index in [-0.39, 0.29) is 11.7 Å². The molecule has 18 heavy (non-hydrogen) atoms. The third-order valence-electron chi connectivity index (χ3n) is 2.67. The van der Waals surface area contributed by atoms with Crippen LogP contribution in [-0.2, 0) is 0 Å². The average Bonchev–Trinajstić information content (AvgIpc) is 2.76. The molecule has 1 atom stereocenters. The normalized spacial score (nSPS) is 12.5. The van der Waals surface area contributed by atoms with Crippen LogP contribution in [0.3, 0.4) is 0 Å². The lowest BCUT2D eigenvalue weighted by Crippen LogP contribution is -2.09. The second-order valence-electron chi connectivity index (χ2n) is 4.06. The highest BCUT2D eigenvalue weighted by atomic mass is 79.9. The summed E-state index contributed by atoms with van der Waals surface area (Å²) in [6.45, 7) is 3.36. The first-order valence-electron chi connectivity index (χ1n) is 5.45. The van der Waals surface area contributed by atoms with Crippen molar-refractivity contribution in [1.29, 1.82) is 0 Å². The molecule has 2 aromatic rings. The summed E-state index contributed by atoms with van der Waals surface area (Å²) in [6, 6.07) is 5.79. The van der Waals surface area contributed by atoms with Gasteiger partial charge in [-0.25, -0.2) is 8.78 Å². The van der Waals surface area contributed by atoms with E-state index in [1.165, 1.54) is 12.1 Å². The zero-order valence-corrected chi connectivity index (χ0v) is 11.5. The van der Waals surface area contributed by atoms with Gasteiger partial charge < -0.3 is 9.73 Å². The topological polar surface area (TPSA) is 25.2 Å². The van der Waals surface area contributed by atoms with Gasteiger partial charge in [-0.05, 0) is 53.5 Å². The maximum Gasteiger partial charge on any atom is 0.169 e. The molecule has 0 aliphatic rings. The fourth-order valence-electron chi connectivity index (χ4n) is 1.64. The van der Waals surface area contributed by atoms with Gasteiger partial charge >= 0.3 is 0 Å². The van der Waals surface area contributed by atoms with Crippen molar-refractivity contribution in [1.82, 2.24) is 0 Å². The van der Waals surface area contributed by atoms with Crippen molar-refractivity contribution in [2.24, 2.45) is 0 Å². The molecule has 1 aromatic heterocycles. The first kappa shape index (κ1) is 13.1. The van der Waals surface area contributed by atoms with Crippen molar-refractivity contribution in [3.05, 3.63) is 51.9 Å². The van der Waals surface area contributed by atoms with Gasteiger partial charge in [0.2, 0.25) is 0 Å². The summed E-state index contributed by atoms with van der Waals surface area (Å²) in [5.41, 5.74) is 0.266. The molecule has 0 radical (unpaired) electrons. The monoisotopic (exact) mass is 315 g/mol. The number of hydrogen-bond acceptors (Lipinski definition) is 2. The number of halogens is 3. The summed E-state index contributed by atoms with van der Waals surface area (Å²) < 4.78 is 33.3. The minimum Gasteiger partial charge on any atom is -0.452 e. The molecule has 96 valence electrons. The van der Waals surface area contributed by atoms with Gasteiger partial charge in [0.1, 0.15) is 17.3 Å². The van der Waals surface area contributed by atoms with Crippen LogP contribution in [0.25, 0.3) is 0 Å². The van der Waals surface area contributed by atoms with E-state index in [0.717, 1.165) is 0 Å². The Balaban J connectivity index is 2.27. The molecule has 0 aliphatic heterocycles. The number of anilines is 1. The van der Waals surface area contributed by atoms with E-state index < -0.39 is 11.6 Å². The summed E-state index contributed by atoms with van der Waals surface area (Å²) >= 11 is 3.18. The van der Waals surface area contributed by atoms with Gasteiger partial charge in [-0.15, -0.1) is 0 Å². The molecule has 0 aliphatic carbocycles.